The van der Waals surface area contributed by atoms with Gasteiger partial charge in [-0.2, -0.15) is 0 Å². The van der Waals surface area contributed by atoms with Gasteiger partial charge in [-0.15, -0.1) is 11.8 Å². The van der Waals surface area contributed by atoms with E-state index in [1.165, 1.54) is 4.90 Å². The van der Waals surface area contributed by atoms with Crippen LogP contribution in [0, 0.1) is 5.92 Å². The highest BCUT2D eigenvalue weighted by atomic mass is 32.2. The second kappa shape index (κ2) is 8.28. The number of carbonyl (C=O) groups excluding carboxylic acids is 1. The Balaban J connectivity index is 1.89. The number of hydrogen-bond donors (Lipinski definition) is 0. The van der Waals surface area contributed by atoms with Crippen LogP contribution in [-0.4, -0.2) is 24.9 Å². The molecule has 1 aliphatic rings. The van der Waals surface area contributed by atoms with E-state index < -0.39 is 0 Å². The molecule has 0 N–H and O–H groups in total. The number of carbonyl (C=O) groups is 1. The Bertz CT molecular complexity index is 522. The maximum absolute atomic E-state index is 12.2. The van der Waals surface area contributed by atoms with Crippen LogP contribution in [0.1, 0.15) is 33.1 Å². The average molecular weight is 320 g/mol. The summed E-state index contributed by atoms with van der Waals surface area (Å²) in [6.07, 6.45) is 2.18. The number of rotatable bonds is 7. The van der Waals surface area contributed by atoms with Crippen molar-refractivity contribution in [3.63, 3.8) is 0 Å². The Labute approximate surface area is 137 Å². The molecular formula is C18H24O3S. The van der Waals surface area contributed by atoms with E-state index in [-0.39, 0.29) is 12.1 Å². The van der Waals surface area contributed by atoms with Crippen LogP contribution in [0.3, 0.4) is 0 Å². The van der Waals surface area contributed by atoms with Crippen molar-refractivity contribution in [1.29, 1.82) is 0 Å². The van der Waals surface area contributed by atoms with Gasteiger partial charge < -0.3 is 9.47 Å². The van der Waals surface area contributed by atoms with E-state index in [4.69, 9.17) is 9.47 Å². The first-order valence-electron chi connectivity index (χ1n) is 7.75. The molecule has 0 aromatic heterocycles. The summed E-state index contributed by atoms with van der Waals surface area (Å²) >= 11 is 1.79. The highest BCUT2D eigenvalue weighted by Crippen LogP contribution is 2.29. The summed E-state index contributed by atoms with van der Waals surface area (Å²) in [5.74, 6) is 1.95. The molecule has 120 valence electrons. The fourth-order valence-electron chi connectivity index (χ4n) is 2.51. The number of methoxy groups -OCH3 is 1. The van der Waals surface area contributed by atoms with Gasteiger partial charge in [0, 0.05) is 17.1 Å². The van der Waals surface area contributed by atoms with E-state index >= 15 is 0 Å². The highest BCUT2D eigenvalue weighted by Gasteiger charge is 2.29. The third-order valence-electron chi connectivity index (χ3n) is 3.58. The van der Waals surface area contributed by atoms with Crippen LogP contribution in [0.2, 0.25) is 0 Å². The summed E-state index contributed by atoms with van der Waals surface area (Å²) < 4.78 is 11.0. The summed E-state index contributed by atoms with van der Waals surface area (Å²) in [7, 11) is 1.64. The minimum absolute atomic E-state index is 0.0745. The highest BCUT2D eigenvalue weighted by molar-refractivity contribution is 7.99. The standard InChI is InChI=1S/C18H24O3S/c1-13(2)11-16-17(20-3)12-14(21-18(16)19)9-10-22-15-7-5-4-6-8-15/h4-8,13-14H,9-12H2,1-3H3. The first-order valence-corrected chi connectivity index (χ1v) is 8.73. The third-order valence-corrected chi connectivity index (χ3v) is 4.63. The van der Waals surface area contributed by atoms with E-state index in [0.29, 0.717) is 24.3 Å². The Morgan fingerprint density at radius 2 is 2.05 bits per heavy atom. The van der Waals surface area contributed by atoms with Gasteiger partial charge in [-0.25, -0.2) is 4.79 Å². The van der Waals surface area contributed by atoms with Gasteiger partial charge in [0.15, 0.2) is 0 Å². The molecule has 1 aromatic carbocycles. The number of cyclic esters (lactones) is 1. The van der Waals surface area contributed by atoms with E-state index in [1.54, 1.807) is 18.9 Å². The van der Waals surface area contributed by atoms with Crippen LogP contribution < -0.4 is 0 Å². The summed E-state index contributed by atoms with van der Waals surface area (Å²) in [5, 5.41) is 0. The number of hydrogen-bond acceptors (Lipinski definition) is 4. The van der Waals surface area contributed by atoms with Crippen LogP contribution in [-0.2, 0) is 14.3 Å². The smallest absolute Gasteiger partial charge is 0.337 e. The molecule has 22 heavy (non-hydrogen) atoms. The SMILES string of the molecule is COC1=C(CC(C)C)C(=O)OC(CCSc2ccccc2)C1. The second-order valence-electron chi connectivity index (χ2n) is 5.89. The quantitative estimate of drug-likeness (QED) is 0.550. The second-order valence-corrected chi connectivity index (χ2v) is 7.05. The van der Waals surface area contributed by atoms with Crippen LogP contribution in [0.25, 0.3) is 0 Å². The van der Waals surface area contributed by atoms with E-state index in [1.807, 2.05) is 18.2 Å². The first kappa shape index (κ1) is 16.9. The van der Waals surface area contributed by atoms with Gasteiger partial charge in [0.25, 0.3) is 0 Å². The van der Waals surface area contributed by atoms with Gasteiger partial charge in [0.2, 0.25) is 0 Å². The Kier molecular flexibility index (Phi) is 6.37. The van der Waals surface area contributed by atoms with E-state index in [9.17, 15) is 4.79 Å². The molecule has 0 saturated heterocycles. The number of thioether (sulfide) groups is 1. The van der Waals surface area contributed by atoms with Crippen molar-refractivity contribution in [3.05, 3.63) is 41.7 Å². The zero-order valence-electron chi connectivity index (χ0n) is 13.5. The Morgan fingerprint density at radius 3 is 2.68 bits per heavy atom. The number of ether oxygens (including phenoxy) is 2. The molecule has 1 aromatic rings. The normalized spacial score (nSPS) is 18.5. The monoisotopic (exact) mass is 320 g/mol. The fourth-order valence-corrected chi connectivity index (χ4v) is 3.47. The van der Waals surface area contributed by atoms with E-state index in [0.717, 1.165) is 17.9 Å². The van der Waals surface area contributed by atoms with Crippen LogP contribution in [0.5, 0.6) is 0 Å². The molecule has 0 bridgehead atoms. The summed E-state index contributed by atoms with van der Waals surface area (Å²) in [6, 6.07) is 10.3. The van der Waals surface area contributed by atoms with Gasteiger partial charge in [-0.1, -0.05) is 32.0 Å². The lowest BCUT2D eigenvalue weighted by molar-refractivity contribution is -0.147. The number of benzene rings is 1. The van der Waals surface area contributed by atoms with Gasteiger partial charge in [-0.05, 0) is 30.9 Å². The first-order chi connectivity index (χ1) is 10.6. The molecular weight excluding hydrogens is 296 g/mol. The minimum atomic E-state index is -0.202. The predicted molar refractivity (Wildman–Crippen MR) is 89.8 cm³/mol. The molecule has 1 heterocycles. The molecule has 0 amide bonds. The Morgan fingerprint density at radius 1 is 1.32 bits per heavy atom. The molecule has 1 unspecified atom stereocenters. The summed E-state index contributed by atoms with van der Waals surface area (Å²) in [6.45, 7) is 4.19. The predicted octanol–water partition coefficient (Wildman–Crippen LogP) is 4.43. The zero-order valence-corrected chi connectivity index (χ0v) is 14.3. The maximum atomic E-state index is 12.2. The van der Waals surface area contributed by atoms with Gasteiger partial charge in [0.1, 0.15) is 11.9 Å². The lowest BCUT2D eigenvalue weighted by Gasteiger charge is -2.27. The molecule has 4 heteroatoms. The summed E-state index contributed by atoms with van der Waals surface area (Å²) in [4.78, 5) is 13.4. The zero-order chi connectivity index (χ0) is 15.9. The molecule has 0 saturated carbocycles. The molecule has 0 radical (unpaired) electrons. The lowest BCUT2D eigenvalue weighted by Crippen LogP contribution is -2.28. The van der Waals surface area contributed by atoms with Crippen molar-refractivity contribution in [2.24, 2.45) is 5.92 Å². The minimum Gasteiger partial charge on any atom is -0.500 e. The molecule has 1 atom stereocenters. The fraction of sp³-hybridized carbons (Fsp3) is 0.500. The average Bonchev–Trinajstić information content (AvgIpc) is 2.50. The van der Waals surface area contributed by atoms with Crippen molar-refractivity contribution in [1.82, 2.24) is 0 Å². The van der Waals surface area contributed by atoms with Crippen molar-refractivity contribution < 1.29 is 14.3 Å². The van der Waals surface area contributed by atoms with Crippen LogP contribution >= 0.6 is 11.8 Å². The van der Waals surface area contributed by atoms with Crippen molar-refractivity contribution in [2.75, 3.05) is 12.9 Å². The van der Waals surface area contributed by atoms with Crippen molar-refractivity contribution >= 4 is 17.7 Å². The molecule has 0 spiro atoms. The molecule has 3 nitrogen and oxygen atoms in total. The largest absolute Gasteiger partial charge is 0.500 e. The van der Waals surface area contributed by atoms with Gasteiger partial charge in [0.05, 0.1) is 12.7 Å². The lowest BCUT2D eigenvalue weighted by atomic mass is 9.97. The third kappa shape index (κ3) is 4.80. The van der Waals surface area contributed by atoms with Gasteiger partial charge in [-0.3, -0.25) is 0 Å². The maximum Gasteiger partial charge on any atom is 0.337 e. The topological polar surface area (TPSA) is 35.5 Å². The molecule has 0 fully saturated rings. The molecule has 2 rings (SSSR count). The Hall–Kier alpha value is -1.42. The van der Waals surface area contributed by atoms with E-state index in [2.05, 4.69) is 26.0 Å². The van der Waals surface area contributed by atoms with Crippen molar-refractivity contribution in [2.45, 2.75) is 44.1 Å². The van der Waals surface area contributed by atoms with Gasteiger partial charge >= 0.3 is 5.97 Å². The molecule has 0 aliphatic carbocycles. The number of esters is 1. The molecule has 1 aliphatic heterocycles. The van der Waals surface area contributed by atoms with Crippen LogP contribution in [0.4, 0.5) is 0 Å². The van der Waals surface area contributed by atoms with Crippen molar-refractivity contribution in [3.8, 4) is 0 Å². The van der Waals surface area contributed by atoms with Crippen LogP contribution in [0.15, 0.2) is 46.6 Å². The summed E-state index contributed by atoms with van der Waals surface area (Å²) in [5.41, 5.74) is 0.712.